The Kier molecular flexibility index (Phi) is 28.0. The fourth-order valence-electron chi connectivity index (χ4n) is 2.18. The molecule has 0 aliphatic carbocycles. The van der Waals surface area contributed by atoms with Crippen molar-refractivity contribution in [2.45, 2.75) is 92.0 Å². The number of rotatable bonds is 16. The minimum Gasteiger partial charge on any atom is -0.460 e. The second-order valence-electron chi connectivity index (χ2n) is 11.4. The predicted octanol–water partition coefficient (Wildman–Crippen LogP) is 2.98. The van der Waals surface area contributed by atoms with Crippen molar-refractivity contribution in [3.63, 3.8) is 0 Å². The van der Waals surface area contributed by atoms with E-state index in [4.69, 9.17) is 49.1 Å². The summed E-state index contributed by atoms with van der Waals surface area (Å²) in [6, 6.07) is 0. The molecule has 0 spiro atoms. The third kappa shape index (κ3) is 44.9. The largest absolute Gasteiger partial charge is 0.519 e. The lowest BCUT2D eigenvalue weighted by atomic mass is 10.2. The van der Waals surface area contributed by atoms with Crippen molar-refractivity contribution < 1.29 is 62.5 Å². The van der Waals surface area contributed by atoms with Crippen molar-refractivity contribution in [2.75, 3.05) is 72.6 Å². The van der Waals surface area contributed by atoms with Crippen LogP contribution in [0.1, 0.15) is 75.2 Å². The molecule has 0 heterocycles. The molecular weight excluding hydrogens is 558 g/mol. The van der Waals surface area contributed by atoms with Gasteiger partial charge >= 0.3 is 18.3 Å². The molecule has 0 bridgehead atoms. The predicted molar refractivity (Wildman–Crippen MR) is 155 cm³/mol. The molecule has 0 aromatic rings. The maximum atomic E-state index is 11.3. The molecule has 0 aromatic heterocycles. The van der Waals surface area contributed by atoms with E-state index in [1.54, 1.807) is 41.5 Å². The van der Waals surface area contributed by atoms with Gasteiger partial charge in [0.05, 0.1) is 59.5 Å². The molecule has 252 valence electrons. The number of aliphatic hydroxyl groups excluding tert-OH is 2. The van der Waals surface area contributed by atoms with Crippen LogP contribution >= 0.6 is 0 Å². The highest BCUT2D eigenvalue weighted by atomic mass is 16.8. The highest BCUT2D eigenvalue weighted by molar-refractivity contribution is 5.77. The molecule has 0 unspecified atom stereocenters. The van der Waals surface area contributed by atoms with Crippen molar-refractivity contribution in [1.82, 2.24) is 0 Å². The third-order valence-electron chi connectivity index (χ3n) is 3.51. The molecule has 0 aliphatic heterocycles. The molecule has 0 rings (SSSR count). The Hall–Kier alpha value is -2.07. The Balaban J connectivity index is -0.000000562. The SMILES string of the molecule is CC(C)(C)OC(=O)CCCOCCOCCO.CC(C)(C)OC(=O)OC(=O)OC(C)(C)C.NCCOCCOCCO. The molecule has 42 heavy (non-hydrogen) atoms. The third-order valence-corrected chi connectivity index (χ3v) is 3.51. The Bertz CT molecular complexity index is 634. The zero-order valence-corrected chi connectivity index (χ0v) is 27.2. The normalized spacial score (nSPS) is 11.3. The summed E-state index contributed by atoms with van der Waals surface area (Å²) in [5.41, 5.74) is 3.35. The molecule has 0 amide bonds. The maximum absolute atomic E-state index is 11.3. The molecule has 0 atom stereocenters. The van der Waals surface area contributed by atoms with E-state index in [2.05, 4.69) is 4.74 Å². The average Bonchev–Trinajstić information content (AvgIpc) is 2.80. The Morgan fingerprint density at radius 3 is 1.24 bits per heavy atom. The zero-order valence-electron chi connectivity index (χ0n) is 27.2. The van der Waals surface area contributed by atoms with Gasteiger partial charge in [-0.25, -0.2) is 9.59 Å². The Morgan fingerprint density at radius 2 is 0.905 bits per heavy atom. The number of carbonyl (C=O) groups excluding carboxylic acids is 3. The summed E-state index contributed by atoms with van der Waals surface area (Å²) in [6.07, 6.45) is -1.10. The van der Waals surface area contributed by atoms with Gasteiger partial charge in [0.1, 0.15) is 16.8 Å². The van der Waals surface area contributed by atoms with Crippen LogP contribution in [0.3, 0.4) is 0 Å². The molecule has 0 fully saturated rings. The molecule has 0 radical (unpaired) electrons. The number of hydrogen-bond acceptors (Lipinski definition) is 14. The summed E-state index contributed by atoms with van der Waals surface area (Å²) in [7, 11) is 0. The summed E-state index contributed by atoms with van der Waals surface area (Å²) in [5, 5.41) is 16.7. The van der Waals surface area contributed by atoms with Crippen molar-refractivity contribution in [2.24, 2.45) is 5.73 Å². The van der Waals surface area contributed by atoms with Gasteiger partial charge in [0.15, 0.2) is 0 Å². The van der Waals surface area contributed by atoms with Crippen LogP contribution < -0.4 is 5.73 Å². The van der Waals surface area contributed by atoms with Gasteiger partial charge in [-0.1, -0.05) is 0 Å². The molecule has 0 aliphatic rings. The molecule has 0 saturated heterocycles. The van der Waals surface area contributed by atoms with Gasteiger partial charge in [0.25, 0.3) is 0 Å². The topological polar surface area (TPSA) is 192 Å². The lowest BCUT2D eigenvalue weighted by Gasteiger charge is -2.20. The lowest BCUT2D eigenvalue weighted by Crippen LogP contribution is -2.29. The number of aliphatic hydroxyl groups is 2. The molecular formula is C28H57NO13. The van der Waals surface area contributed by atoms with Crippen molar-refractivity contribution in [1.29, 1.82) is 0 Å². The van der Waals surface area contributed by atoms with Crippen molar-refractivity contribution in [3.8, 4) is 0 Å². The van der Waals surface area contributed by atoms with Crippen molar-refractivity contribution >= 4 is 18.3 Å². The quantitative estimate of drug-likeness (QED) is 0.0993. The molecule has 0 saturated carbocycles. The van der Waals surface area contributed by atoms with E-state index < -0.39 is 29.1 Å². The molecule has 14 heteroatoms. The monoisotopic (exact) mass is 615 g/mol. The highest BCUT2D eigenvalue weighted by Gasteiger charge is 2.24. The fourth-order valence-corrected chi connectivity index (χ4v) is 2.18. The molecule has 14 nitrogen and oxygen atoms in total. The van der Waals surface area contributed by atoms with Gasteiger partial charge in [-0.05, 0) is 68.7 Å². The number of esters is 1. The van der Waals surface area contributed by atoms with Crippen LogP contribution in [0, 0.1) is 0 Å². The van der Waals surface area contributed by atoms with Crippen LogP contribution in [-0.4, -0.2) is 118 Å². The van der Waals surface area contributed by atoms with Crippen LogP contribution in [-0.2, 0) is 42.7 Å². The van der Waals surface area contributed by atoms with Crippen LogP contribution in [0.4, 0.5) is 9.59 Å². The van der Waals surface area contributed by atoms with E-state index in [1.807, 2.05) is 20.8 Å². The summed E-state index contributed by atoms with van der Waals surface area (Å²) >= 11 is 0. The minimum atomic E-state index is -1.06. The van der Waals surface area contributed by atoms with Gasteiger partial charge in [-0.3, -0.25) is 4.79 Å². The van der Waals surface area contributed by atoms with E-state index in [9.17, 15) is 14.4 Å². The van der Waals surface area contributed by atoms with Gasteiger partial charge in [0, 0.05) is 19.6 Å². The fraction of sp³-hybridized carbons (Fsp3) is 0.893. The van der Waals surface area contributed by atoms with Gasteiger partial charge in [-0.15, -0.1) is 0 Å². The summed E-state index contributed by atoms with van der Waals surface area (Å²) in [4.78, 5) is 33.3. The Labute approximate surface area is 251 Å². The first-order valence-corrected chi connectivity index (χ1v) is 13.9. The maximum Gasteiger partial charge on any atom is 0.519 e. The number of carbonyl (C=O) groups is 3. The van der Waals surface area contributed by atoms with E-state index >= 15 is 0 Å². The van der Waals surface area contributed by atoms with E-state index in [0.717, 1.165) is 0 Å². The van der Waals surface area contributed by atoms with Crippen molar-refractivity contribution in [3.05, 3.63) is 0 Å². The van der Waals surface area contributed by atoms with E-state index in [0.29, 0.717) is 72.2 Å². The van der Waals surface area contributed by atoms with Gasteiger partial charge < -0.3 is 53.8 Å². The smallest absolute Gasteiger partial charge is 0.460 e. The average molecular weight is 616 g/mol. The van der Waals surface area contributed by atoms with Crippen LogP contribution in [0.25, 0.3) is 0 Å². The zero-order chi connectivity index (χ0) is 33.1. The molecule has 0 aromatic carbocycles. The van der Waals surface area contributed by atoms with Crippen LogP contribution in [0.2, 0.25) is 0 Å². The Morgan fingerprint density at radius 1 is 0.548 bits per heavy atom. The van der Waals surface area contributed by atoms with Gasteiger partial charge in [-0.2, -0.15) is 0 Å². The second-order valence-corrected chi connectivity index (χ2v) is 11.4. The lowest BCUT2D eigenvalue weighted by molar-refractivity contribution is -0.155. The van der Waals surface area contributed by atoms with Crippen LogP contribution in [0.5, 0.6) is 0 Å². The summed E-state index contributed by atoms with van der Waals surface area (Å²) in [5.74, 6) is -0.197. The summed E-state index contributed by atoms with van der Waals surface area (Å²) < 4.78 is 39.1. The van der Waals surface area contributed by atoms with Gasteiger partial charge in [0.2, 0.25) is 0 Å². The minimum absolute atomic E-state index is 0.0264. The standard InChI is InChI=1S/C12H24O5.C10H18O5.C6H15NO3/c1-12(2,3)17-11(14)5-4-7-15-9-10-16-8-6-13;1-9(2,3)14-7(11)13-8(12)15-10(4,5)6;7-1-3-9-5-6-10-4-2-8/h13H,4-10H2,1-3H3;1-6H3;8H,1-7H2. The van der Waals surface area contributed by atoms with E-state index in [-0.39, 0.29) is 19.2 Å². The molecule has 4 N–H and O–H groups in total. The van der Waals surface area contributed by atoms with Crippen LogP contribution in [0.15, 0.2) is 0 Å². The first-order chi connectivity index (χ1) is 19.4. The van der Waals surface area contributed by atoms with E-state index in [1.165, 1.54) is 0 Å². The summed E-state index contributed by atoms with van der Waals surface area (Å²) in [6.45, 7) is 20.0. The second kappa shape index (κ2) is 26.5. The number of hydrogen-bond donors (Lipinski definition) is 3. The number of nitrogens with two attached hydrogens (primary N) is 1. The highest BCUT2D eigenvalue weighted by Crippen LogP contribution is 2.12. The first kappa shape index (κ1) is 44.4. The number of ether oxygens (including phenoxy) is 8. The first-order valence-electron chi connectivity index (χ1n) is 13.9.